The van der Waals surface area contributed by atoms with Crippen LogP contribution in [0.1, 0.15) is 50.2 Å². The Balaban J connectivity index is 1.94. The first kappa shape index (κ1) is 22.5. The van der Waals surface area contributed by atoms with E-state index in [1.165, 1.54) is 24.2 Å². The number of carbonyl (C=O) groups excluding carboxylic acids is 2. The number of rotatable bonds is 8. The summed E-state index contributed by atoms with van der Waals surface area (Å²) in [7, 11) is 1.31. The van der Waals surface area contributed by atoms with Crippen LogP contribution in [-0.4, -0.2) is 30.1 Å². The molecule has 6 heteroatoms. The first-order chi connectivity index (χ1) is 16.4. The summed E-state index contributed by atoms with van der Waals surface area (Å²) in [5, 5.41) is 8.81. The minimum Gasteiger partial charge on any atom is -0.478 e. The standard InChI is InChI=1S/C27H29NO5/c1-33-26(31)17-15-21-6-5-9-24(18-21)28(27(32)23-7-3-2-4-8-23)19-22-12-10-20(11-13-22)14-16-25(29)30/h5-6,9-18,23H,2-4,7-8,19H2,1H3,(H,29,30)/b16-14+,17-15+/i19D. The van der Waals surface area contributed by atoms with Crippen molar-refractivity contribution in [2.45, 2.75) is 38.6 Å². The Hall–Kier alpha value is -3.67. The average molecular weight is 449 g/mol. The molecule has 6 nitrogen and oxygen atoms in total. The summed E-state index contributed by atoms with van der Waals surface area (Å²) in [4.78, 5) is 37.4. The van der Waals surface area contributed by atoms with Gasteiger partial charge in [0, 0.05) is 23.8 Å². The summed E-state index contributed by atoms with van der Waals surface area (Å²) in [6, 6.07) is 14.1. The molecule has 0 bridgehead atoms. The van der Waals surface area contributed by atoms with Gasteiger partial charge in [0.25, 0.3) is 0 Å². The lowest BCUT2D eigenvalue weighted by molar-refractivity contribution is -0.135. The van der Waals surface area contributed by atoms with Gasteiger partial charge in [-0.25, -0.2) is 9.59 Å². The average Bonchev–Trinajstić information content (AvgIpc) is 2.87. The molecule has 0 aromatic heterocycles. The summed E-state index contributed by atoms with van der Waals surface area (Å²) < 4.78 is 13.6. The minimum absolute atomic E-state index is 0.0800. The molecule has 0 saturated heterocycles. The highest BCUT2D eigenvalue weighted by atomic mass is 16.5. The SMILES string of the molecule is [2H]C(c1ccc(/C=C/C(=O)O)cc1)N(C(=O)C1CCCCC1)c1cccc(/C=C/C(=O)OC)c1. The zero-order valence-corrected chi connectivity index (χ0v) is 18.6. The number of ether oxygens (including phenoxy) is 1. The van der Waals surface area contributed by atoms with Gasteiger partial charge in [-0.2, -0.15) is 0 Å². The topological polar surface area (TPSA) is 83.9 Å². The van der Waals surface area contributed by atoms with Crippen LogP contribution in [0.4, 0.5) is 5.69 Å². The van der Waals surface area contributed by atoms with E-state index < -0.39 is 18.5 Å². The number of carboxylic acid groups (broad SMARTS) is 1. The smallest absolute Gasteiger partial charge is 0.330 e. The van der Waals surface area contributed by atoms with Crippen molar-refractivity contribution in [3.8, 4) is 0 Å². The number of nitrogens with zero attached hydrogens (tertiary/aromatic N) is 1. The molecule has 33 heavy (non-hydrogen) atoms. The van der Waals surface area contributed by atoms with Crippen LogP contribution in [0.2, 0.25) is 0 Å². The molecule has 1 amide bonds. The third-order valence-corrected chi connectivity index (χ3v) is 5.59. The molecule has 0 radical (unpaired) electrons. The number of benzene rings is 2. The molecule has 2 aromatic carbocycles. The van der Waals surface area contributed by atoms with Crippen molar-refractivity contribution in [2.75, 3.05) is 12.0 Å². The number of esters is 1. The molecule has 1 unspecified atom stereocenters. The van der Waals surface area contributed by atoms with Crippen molar-refractivity contribution in [2.24, 2.45) is 5.92 Å². The number of aliphatic carboxylic acids is 1. The molecule has 0 heterocycles. The summed E-state index contributed by atoms with van der Waals surface area (Å²) in [6.45, 7) is -0.980. The number of carboxylic acids is 1. The largest absolute Gasteiger partial charge is 0.478 e. The first-order valence-corrected chi connectivity index (χ1v) is 11.0. The lowest BCUT2D eigenvalue weighted by Gasteiger charge is -2.30. The minimum atomic E-state index is -1.03. The number of anilines is 1. The molecule has 1 N–H and O–H groups in total. The van der Waals surface area contributed by atoms with Gasteiger partial charge in [0.15, 0.2) is 0 Å². The van der Waals surface area contributed by atoms with Gasteiger partial charge >= 0.3 is 11.9 Å². The van der Waals surface area contributed by atoms with Crippen molar-refractivity contribution in [1.82, 2.24) is 0 Å². The van der Waals surface area contributed by atoms with E-state index in [4.69, 9.17) is 6.48 Å². The fourth-order valence-electron chi connectivity index (χ4n) is 3.83. The van der Waals surface area contributed by atoms with Crippen LogP contribution < -0.4 is 4.90 Å². The number of carbonyl (C=O) groups is 3. The van der Waals surface area contributed by atoms with Crippen LogP contribution in [0.15, 0.2) is 60.7 Å². The number of hydrogen-bond donors (Lipinski definition) is 1. The Labute approximate surface area is 195 Å². The second-order valence-corrected chi connectivity index (χ2v) is 7.96. The van der Waals surface area contributed by atoms with E-state index in [0.29, 0.717) is 22.4 Å². The molecule has 1 aliphatic rings. The van der Waals surface area contributed by atoms with E-state index in [2.05, 4.69) is 4.74 Å². The molecule has 2 aromatic rings. The Morgan fingerprint density at radius 3 is 2.39 bits per heavy atom. The van der Waals surface area contributed by atoms with E-state index in [-0.39, 0.29) is 11.8 Å². The van der Waals surface area contributed by atoms with Crippen molar-refractivity contribution in [3.05, 3.63) is 77.4 Å². The van der Waals surface area contributed by atoms with E-state index in [0.717, 1.165) is 38.2 Å². The van der Waals surface area contributed by atoms with Crippen LogP contribution in [-0.2, 0) is 25.6 Å². The second kappa shape index (κ2) is 11.8. The molecular weight excluding hydrogens is 418 g/mol. The monoisotopic (exact) mass is 448 g/mol. The van der Waals surface area contributed by atoms with E-state index >= 15 is 0 Å². The van der Waals surface area contributed by atoms with Gasteiger partial charge < -0.3 is 14.7 Å². The molecule has 3 rings (SSSR count). The Morgan fingerprint density at radius 1 is 1.03 bits per heavy atom. The fourth-order valence-corrected chi connectivity index (χ4v) is 3.83. The Morgan fingerprint density at radius 2 is 1.73 bits per heavy atom. The maximum atomic E-state index is 13.6. The number of methoxy groups -OCH3 is 1. The van der Waals surface area contributed by atoms with Gasteiger partial charge in [0.1, 0.15) is 0 Å². The highest BCUT2D eigenvalue weighted by molar-refractivity contribution is 5.95. The third kappa shape index (κ3) is 7.17. The van der Waals surface area contributed by atoms with Gasteiger partial charge in [-0.15, -0.1) is 0 Å². The molecule has 1 atom stereocenters. The highest BCUT2D eigenvalue weighted by Crippen LogP contribution is 2.29. The Bertz CT molecular complexity index is 1070. The zero-order valence-electron chi connectivity index (χ0n) is 19.6. The van der Waals surface area contributed by atoms with Gasteiger partial charge in [-0.3, -0.25) is 4.79 Å². The fraction of sp³-hybridized carbons (Fsp3) is 0.296. The lowest BCUT2D eigenvalue weighted by atomic mass is 9.88. The molecule has 1 aliphatic carbocycles. The highest BCUT2D eigenvalue weighted by Gasteiger charge is 2.27. The maximum absolute atomic E-state index is 13.6. The second-order valence-electron chi connectivity index (χ2n) is 7.96. The predicted octanol–water partition coefficient (Wildman–Crippen LogP) is 5.08. The molecule has 1 saturated carbocycles. The summed E-state index contributed by atoms with van der Waals surface area (Å²) in [6.07, 6.45) is 10.2. The van der Waals surface area contributed by atoms with Gasteiger partial charge in [0.2, 0.25) is 5.91 Å². The van der Waals surface area contributed by atoms with Gasteiger partial charge in [-0.1, -0.05) is 55.7 Å². The summed E-state index contributed by atoms with van der Waals surface area (Å²) >= 11 is 0. The van der Waals surface area contributed by atoms with Gasteiger partial charge in [0.05, 0.1) is 15.0 Å². The van der Waals surface area contributed by atoms with Crippen LogP contribution in [0, 0.1) is 5.92 Å². The molecule has 1 fully saturated rings. The number of hydrogen-bond acceptors (Lipinski definition) is 4. The molecular formula is C27H29NO5. The quantitative estimate of drug-likeness (QED) is 0.449. The van der Waals surface area contributed by atoms with Crippen LogP contribution >= 0.6 is 0 Å². The normalized spacial score (nSPS) is 15.8. The lowest BCUT2D eigenvalue weighted by Crippen LogP contribution is -2.36. The summed E-state index contributed by atoms with van der Waals surface area (Å²) in [5.41, 5.74) is 2.61. The third-order valence-electron chi connectivity index (χ3n) is 5.59. The van der Waals surface area contributed by atoms with Crippen LogP contribution in [0.25, 0.3) is 12.2 Å². The van der Waals surface area contributed by atoms with E-state index in [1.54, 1.807) is 48.5 Å². The predicted molar refractivity (Wildman–Crippen MR) is 128 cm³/mol. The Kier molecular flexibility index (Phi) is 8.06. The molecule has 0 spiro atoms. The van der Waals surface area contributed by atoms with E-state index in [1.807, 2.05) is 6.07 Å². The van der Waals surface area contributed by atoms with Crippen LogP contribution in [0.5, 0.6) is 0 Å². The van der Waals surface area contributed by atoms with Gasteiger partial charge in [-0.05, 0) is 53.8 Å². The van der Waals surface area contributed by atoms with Crippen molar-refractivity contribution < 1.29 is 25.6 Å². The number of amides is 1. The van der Waals surface area contributed by atoms with Crippen molar-refractivity contribution >= 4 is 35.7 Å². The molecule has 0 aliphatic heterocycles. The summed E-state index contributed by atoms with van der Waals surface area (Å²) in [5.74, 6) is -1.72. The molecule has 172 valence electrons. The maximum Gasteiger partial charge on any atom is 0.330 e. The van der Waals surface area contributed by atoms with Crippen LogP contribution in [0.3, 0.4) is 0 Å². The van der Waals surface area contributed by atoms with E-state index in [9.17, 15) is 14.4 Å². The van der Waals surface area contributed by atoms with Crippen molar-refractivity contribution in [1.29, 1.82) is 0 Å². The first-order valence-electron chi connectivity index (χ1n) is 11.6. The zero-order chi connectivity index (χ0) is 24.5. The van der Waals surface area contributed by atoms with Crippen molar-refractivity contribution in [3.63, 3.8) is 0 Å².